The fourth-order valence-corrected chi connectivity index (χ4v) is 9.26. The first-order chi connectivity index (χ1) is 22.2. The Hall–Kier alpha value is -2.58. The molecule has 0 bridgehead atoms. The number of thiocarbonyl (C=S) groups is 1. The minimum atomic E-state index is 0.0595. The Morgan fingerprint density at radius 3 is 2.33 bits per heavy atom. The summed E-state index contributed by atoms with van der Waals surface area (Å²) in [7, 11) is 3.40. The summed E-state index contributed by atoms with van der Waals surface area (Å²) in [6.45, 7) is 9.93. The molecule has 0 aliphatic carbocycles. The molecular weight excluding hydrogens is 632 g/mol. The van der Waals surface area contributed by atoms with Gasteiger partial charge in [0.15, 0.2) is 17.3 Å². The zero-order valence-corrected chi connectivity index (χ0v) is 30.0. The lowest BCUT2D eigenvalue weighted by Gasteiger charge is -2.49. The first-order valence-corrected chi connectivity index (χ1v) is 18.3. The highest BCUT2D eigenvalue weighted by atomic mass is 35.5. The van der Waals surface area contributed by atoms with Gasteiger partial charge in [-0.25, -0.2) is 0 Å². The van der Waals surface area contributed by atoms with Crippen molar-refractivity contribution in [3.8, 4) is 11.5 Å². The monoisotopic (exact) mass is 676 g/mol. The summed E-state index contributed by atoms with van der Waals surface area (Å²) in [6, 6.07) is 16.9. The van der Waals surface area contributed by atoms with E-state index in [4.69, 9.17) is 33.3 Å². The van der Waals surface area contributed by atoms with Crippen molar-refractivity contribution >= 4 is 45.7 Å². The molecule has 3 aliphatic rings. The zero-order chi connectivity index (χ0) is 32.5. The minimum Gasteiger partial charge on any atom is -0.493 e. The molecule has 4 atom stereocenters. The number of aryl methyl sites for hydroxylation is 2. The number of piperidine rings is 1. The van der Waals surface area contributed by atoms with Gasteiger partial charge >= 0.3 is 0 Å². The molecule has 6 rings (SSSR count). The average molecular weight is 677 g/mol. The van der Waals surface area contributed by atoms with Gasteiger partial charge in [0.1, 0.15) is 4.32 Å². The highest BCUT2D eigenvalue weighted by Crippen LogP contribution is 2.48. The standard InChI is InChI=1S/C38H45ClN2O3S2/c1-6-25-21-40-13-11-27-15-23(2)24(3)16-31(27)33(40)17-29(25)18-34-32-20-37(44-5)36(43-4)19-28(32)12-14-41(34)38(45)46-22-35(42)26-7-9-30(39)10-8-26/h7-10,15-16,19-20,25,29,33-34H,6,11-14,17-18,21-22H2,1-5H3. The lowest BCUT2D eigenvalue weighted by molar-refractivity contribution is 0.0382. The van der Waals surface area contributed by atoms with Crippen LogP contribution in [0.25, 0.3) is 0 Å². The van der Waals surface area contributed by atoms with Crippen LogP contribution in [0.4, 0.5) is 0 Å². The van der Waals surface area contributed by atoms with Gasteiger partial charge in [0.2, 0.25) is 0 Å². The molecule has 1 fully saturated rings. The van der Waals surface area contributed by atoms with E-state index in [2.05, 4.69) is 54.8 Å². The molecule has 0 radical (unpaired) electrons. The number of ketones is 1. The molecule has 3 heterocycles. The van der Waals surface area contributed by atoms with Gasteiger partial charge < -0.3 is 14.4 Å². The molecule has 3 aromatic carbocycles. The second-order valence-electron chi connectivity index (χ2n) is 13.1. The van der Waals surface area contributed by atoms with E-state index in [1.54, 1.807) is 38.5 Å². The molecule has 0 aromatic heterocycles. The average Bonchev–Trinajstić information content (AvgIpc) is 3.07. The number of nitrogens with zero attached hydrogens (tertiary/aromatic N) is 2. The first kappa shape index (κ1) is 33.3. The minimum absolute atomic E-state index is 0.0595. The van der Waals surface area contributed by atoms with E-state index >= 15 is 0 Å². The molecule has 1 saturated heterocycles. The Balaban J connectivity index is 1.30. The largest absolute Gasteiger partial charge is 0.493 e. The van der Waals surface area contributed by atoms with E-state index < -0.39 is 0 Å². The Morgan fingerprint density at radius 2 is 1.61 bits per heavy atom. The van der Waals surface area contributed by atoms with Crippen LogP contribution in [0.5, 0.6) is 11.5 Å². The molecule has 4 unspecified atom stereocenters. The maximum absolute atomic E-state index is 13.1. The molecule has 8 heteroatoms. The summed E-state index contributed by atoms with van der Waals surface area (Å²) in [5, 5.41) is 0.625. The van der Waals surface area contributed by atoms with Crippen molar-refractivity contribution in [1.82, 2.24) is 9.80 Å². The summed E-state index contributed by atoms with van der Waals surface area (Å²) in [4.78, 5) is 18.2. The van der Waals surface area contributed by atoms with E-state index in [0.29, 0.717) is 34.2 Å². The lowest BCUT2D eigenvalue weighted by Crippen LogP contribution is -2.47. The molecule has 3 aromatic rings. The number of methoxy groups -OCH3 is 2. The summed E-state index contributed by atoms with van der Waals surface area (Å²) >= 11 is 13.7. The Morgan fingerprint density at radius 1 is 0.935 bits per heavy atom. The quantitative estimate of drug-likeness (QED) is 0.175. The van der Waals surface area contributed by atoms with Crippen molar-refractivity contribution < 1.29 is 14.3 Å². The normalized spacial score (nSPS) is 22.4. The van der Waals surface area contributed by atoms with E-state index in [9.17, 15) is 4.79 Å². The van der Waals surface area contributed by atoms with Gasteiger partial charge in [0.05, 0.1) is 26.0 Å². The summed E-state index contributed by atoms with van der Waals surface area (Å²) in [5.41, 5.74) is 9.07. The van der Waals surface area contributed by atoms with Gasteiger partial charge in [0.25, 0.3) is 0 Å². The van der Waals surface area contributed by atoms with Crippen molar-refractivity contribution in [2.75, 3.05) is 39.6 Å². The fourth-order valence-electron chi connectivity index (χ4n) is 7.93. The van der Waals surface area contributed by atoms with Crippen molar-refractivity contribution in [3.63, 3.8) is 0 Å². The summed E-state index contributed by atoms with van der Waals surface area (Å²) in [6.07, 6.45) is 5.32. The molecule has 46 heavy (non-hydrogen) atoms. The van der Waals surface area contributed by atoms with Crippen molar-refractivity contribution in [3.05, 3.63) is 92.5 Å². The molecular formula is C38H45ClN2O3S2. The SMILES string of the molecule is CCC1CN2CCc3cc(C)c(C)cc3C2CC1CC1c2cc(OC)c(OC)cc2CCN1C(=S)SCC(=O)c1ccc(Cl)cc1. The van der Waals surface area contributed by atoms with Crippen LogP contribution in [0.3, 0.4) is 0 Å². The van der Waals surface area contributed by atoms with Gasteiger partial charge in [0, 0.05) is 36.3 Å². The number of fused-ring (bicyclic) bond motifs is 4. The lowest BCUT2D eigenvalue weighted by atomic mass is 9.72. The maximum atomic E-state index is 13.1. The second kappa shape index (κ2) is 14.3. The number of Topliss-reactive ketones (excluding diaryl/α,β-unsaturated/α-hetero) is 1. The molecule has 0 N–H and O–H groups in total. The molecule has 5 nitrogen and oxygen atoms in total. The van der Waals surface area contributed by atoms with Crippen LogP contribution in [0, 0.1) is 25.7 Å². The van der Waals surface area contributed by atoms with E-state index in [1.807, 2.05) is 0 Å². The highest BCUT2D eigenvalue weighted by Gasteiger charge is 2.41. The van der Waals surface area contributed by atoms with E-state index in [0.717, 1.165) is 67.6 Å². The van der Waals surface area contributed by atoms with E-state index in [-0.39, 0.29) is 11.8 Å². The van der Waals surface area contributed by atoms with Crippen LogP contribution < -0.4 is 9.47 Å². The van der Waals surface area contributed by atoms with Crippen LogP contribution in [0.2, 0.25) is 5.02 Å². The Kier molecular flexibility index (Phi) is 10.3. The van der Waals surface area contributed by atoms with Crippen molar-refractivity contribution in [2.45, 2.75) is 65.0 Å². The topological polar surface area (TPSA) is 42.0 Å². The van der Waals surface area contributed by atoms with Gasteiger partial charge in [-0.2, -0.15) is 0 Å². The molecule has 0 saturated carbocycles. The van der Waals surface area contributed by atoms with Crippen LogP contribution in [0.1, 0.15) is 82.0 Å². The fraction of sp³-hybridized carbons (Fsp3) is 0.474. The third-order valence-corrected chi connectivity index (χ3v) is 12.4. The number of hydrogen-bond acceptors (Lipinski definition) is 6. The smallest absolute Gasteiger partial charge is 0.173 e. The number of ether oxygens (including phenoxy) is 2. The zero-order valence-electron chi connectivity index (χ0n) is 27.6. The van der Waals surface area contributed by atoms with Crippen molar-refractivity contribution in [2.24, 2.45) is 11.8 Å². The molecule has 244 valence electrons. The number of rotatable bonds is 8. The molecule has 0 spiro atoms. The first-order valence-electron chi connectivity index (χ1n) is 16.5. The third-order valence-electron chi connectivity index (χ3n) is 10.7. The summed E-state index contributed by atoms with van der Waals surface area (Å²) in [5.74, 6) is 3.03. The number of hydrogen-bond donors (Lipinski definition) is 0. The van der Waals surface area contributed by atoms with Gasteiger partial charge in [-0.3, -0.25) is 9.69 Å². The van der Waals surface area contributed by atoms with Crippen LogP contribution in [-0.2, 0) is 12.8 Å². The third kappa shape index (κ3) is 6.71. The van der Waals surface area contributed by atoms with Crippen molar-refractivity contribution in [1.29, 1.82) is 0 Å². The van der Waals surface area contributed by atoms with Crippen LogP contribution in [0.15, 0.2) is 48.5 Å². The molecule has 0 amide bonds. The predicted molar refractivity (Wildman–Crippen MR) is 194 cm³/mol. The number of benzene rings is 3. The number of halogens is 1. The predicted octanol–water partition coefficient (Wildman–Crippen LogP) is 8.81. The number of carbonyl (C=O) groups excluding carboxylic acids is 1. The molecule has 3 aliphatic heterocycles. The van der Waals surface area contributed by atoms with E-state index in [1.165, 1.54) is 45.1 Å². The van der Waals surface area contributed by atoms with Gasteiger partial charge in [-0.15, -0.1) is 0 Å². The highest BCUT2D eigenvalue weighted by molar-refractivity contribution is 8.23. The van der Waals surface area contributed by atoms with Crippen LogP contribution >= 0.6 is 35.6 Å². The van der Waals surface area contributed by atoms with Gasteiger partial charge in [-0.1, -0.05) is 61.1 Å². The number of thioether (sulfide) groups is 1. The summed E-state index contributed by atoms with van der Waals surface area (Å²) < 4.78 is 12.3. The Labute approximate surface area is 289 Å². The number of carbonyl (C=O) groups is 1. The Bertz CT molecular complexity index is 1610. The second-order valence-corrected chi connectivity index (χ2v) is 15.2. The van der Waals surface area contributed by atoms with Gasteiger partial charge in [-0.05, 0) is 121 Å². The maximum Gasteiger partial charge on any atom is 0.173 e. The van der Waals surface area contributed by atoms with Crippen LogP contribution in [-0.4, -0.2) is 59.5 Å².